The highest BCUT2D eigenvalue weighted by molar-refractivity contribution is 7.15. The van der Waals surface area contributed by atoms with E-state index in [1.54, 1.807) is 6.26 Å². The van der Waals surface area contributed by atoms with Crippen LogP contribution in [0, 0.1) is 12.8 Å². The van der Waals surface area contributed by atoms with Crippen molar-refractivity contribution in [2.75, 3.05) is 13.1 Å². The Morgan fingerprint density at radius 2 is 2.40 bits per heavy atom. The molecule has 1 atom stereocenters. The quantitative estimate of drug-likeness (QED) is 0.849. The lowest BCUT2D eigenvalue weighted by Gasteiger charge is -2.30. The molecule has 1 saturated heterocycles. The summed E-state index contributed by atoms with van der Waals surface area (Å²) in [6.07, 6.45) is 3.92. The van der Waals surface area contributed by atoms with Crippen LogP contribution in [0.25, 0.3) is 10.8 Å². The second-order valence-corrected chi connectivity index (χ2v) is 6.60. The summed E-state index contributed by atoms with van der Waals surface area (Å²) in [5.74, 6) is 1.36. The lowest BCUT2D eigenvalue weighted by Crippen LogP contribution is -2.39. The Hall–Kier alpha value is -1.62. The van der Waals surface area contributed by atoms with Crippen LogP contribution in [0.5, 0.6) is 0 Å². The number of likely N-dealkylation sites (tertiary alicyclic amines) is 1. The number of rotatable bonds is 2. The van der Waals surface area contributed by atoms with Gasteiger partial charge in [0.25, 0.3) is 5.91 Å². The molecule has 0 aliphatic carbocycles. The van der Waals surface area contributed by atoms with E-state index in [2.05, 4.69) is 11.9 Å². The molecule has 1 aliphatic rings. The third-order valence-electron chi connectivity index (χ3n) is 3.68. The Morgan fingerprint density at radius 1 is 1.55 bits per heavy atom. The smallest absolute Gasteiger partial charge is 0.273 e. The number of nitrogens with zero attached hydrogens (tertiary/aromatic N) is 2. The standard InChI is InChI=1S/C15H18N2O2S/c1-10-5-3-7-17(9-10)15(18)13-11(2)20-14(16-13)12-6-4-8-19-12/h4,6,8,10H,3,5,7,9H2,1-2H3. The first kappa shape index (κ1) is 13.4. The highest BCUT2D eigenvalue weighted by atomic mass is 32.1. The fourth-order valence-electron chi connectivity index (χ4n) is 2.62. The summed E-state index contributed by atoms with van der Waals surface area (Å²) < 4.78 is 5.35. The van der Waals surface area contributed by atoms with Gasteiger partial charge in [-0.1, -0.05) is 6.92 Å². The predicted octanol–water partition coefficient (Wildman–Crippen LogP) is 3.58. The van der Waals surface area contributed by atoms with Crippen molar-refractivity contribution in [3.63, 3.8) is 0 Å². The molecule has 3 heterocycles. The van der Waals surface area contributed by atoms with E-state index < -0.39 is 0 Å². The zero-order valence-electron chi connectivity index (χ0n) is 11.8. The van der Waals surface area contributed by atoms with Crippen molar-refractivity contribution in [2.24, 2.45) is 5.92 Å². The molecule has 1 unspecified atom stereocenters. The molecule has 0 radical (unpaired) electrons. The number of carbonyl (C=O) groups excluding carboxylic acids is 1. The van der Waals surface area contributed by atoms with E-state index in [0.717, 1.165) is 35.2 Å². The average Bonchev–Trinajstić information content (AvgIpc) is 3.07. The van der Waals surface area contributed by atoms with Gasteiger partial charge in [-0.3, -0.25) is 4.79 Å². The van der Waals surface area contributed by atoms with E-state index in [9.17, 15) is 4.79 Å². The monoisotopic (exact) mass is 290 g/mol. The maximum Gasteiger partial charge on any atom is 0.273 e. The van der Waals surface area contributed by atoms with Gasteiger partial charge in [-0.05, 0) is 37.8 Å². The molecule has 0 spiro atoms. The van der Waals surface area contributed by atoms with E-state index in [0.29, 0.717) is 11.6 Å². The first-order valence-corrected chi connectivity index (χ1v) is 7.77. The van der Waals surface area contributed by atoms with Crippen LogP contribution in [0.4, 0.5) is 0 Å². The molecule has 106 valence electrons. The molecule has 20 heavy (non-hydrogen) atoms. The molecule has 2 aromatic rings. The van der Waals surface area contributed by atoms with Crippen molar-refractivity contribution in [2.45, 2.75) is 26.7 Å². The molecule has 4 nitrogen and oxygen atoms in total. The molecule has 2 aromatic heterocycles. The molecular weight excluding hydrogens is 272 g/mol. The van der Waals surface area contributed by atoms with Crippen LogP contribution in [0.15, 0.2) is 22.8 Å². The number of piperidine rings is 1. The Morgan fingerprint density at radius 3 is 3.10 bits per heavy atom. The third-order valence-corrected chi connectivity index (χ3v) is 4.66. The van der Waals surface area contributed by atoms with Crippen molar-refractivity contribution in [1.82, 2.24) is 9.88 Å². The number of aryl methyl sites for hydroxylation is 1. The summed E-state index contributed by atoms with van der Waals surface area (Å²) in [6.45, 7) is 5.83. The minimum atomic E-state index is 0.0584. The predicted molar refractivity (Wildman–Crippen MR) is 78.9 cm³/mol. The molecule has 5 heteroatoms. The Balaban J connectivity index is 1.85. The second kappa shape index (κ2) is 5.40. The minimum absolute atomic E-state index is 0.0584. The van der Waals surface area contributed by atoms with Crippen LogP contribution in [-0.4, -0.2) is 28.9 Å². The van der Waals surface area contributed by atoms with Crippen molar-refractivity contribution in [3.8, 4) is 10.8 Å². The van der Waals surface area contributed by atoms with Crippen molar-refractivity contribution in [1.29, 1.82) is 0 Å². The van der Waals surface area contributed by atoms with Crippen LogP contribution >= 0.6 is 11.3 Å². The fraction of sp³-hybridized carbons (Fsp3) is 0.467. The first-order chi connectivity index (χ1) is 9.65. The van der Waals surface area contributed by atoms with Crippen LogP contribution in [-0.2, 0) is 0 Å². The molecule has 0 N–H and O–H groups in total. The second-order valence-electron chi connectivity index (χ2n) is 5.40. The number of furan rings is 1. The SMILES string of the molecule is Cc1sc(-c2ccco2)nc1C(=O)N1CCCC(C)C1. The average molecular weight is 290 g/mol. The summed E-state index contributed by atoms with van der Waals surface area (Å²) in [4.78, 5) is 20.0. The van der Waals surface area contributed by atoms with Gasteiger partial charge in [0, 0.05) is 18.0 Å². The lowest BCUT2D eigenvalue weighted by atomic mass is 10.00. The van der Waals surface area contributed by atoms with Crippen molar-refractivity contribution >= 4 is 17.2 Å². The minimum Gasteiger partial charge on any atom is -0.462 e. The zero-order valence-corrected chi connectivity index (χ0v) is 12.6. The summed E-state index contributed by atoms with van der Waals surface area (Å²) >= 11 is 1.51. The Labute approximate surface area is 122 Å². The molecule has 1 fully saturated rings. The van der Waals surface area contributed by atoms with Gasteiger partial charge in [-0.25, -0.2) is 4.98 Å². The van der Waals surface area contributed by atoms with Crippen LogP contribution in [0.2, 0.25) is 0 Å². The topological polar surface area (TPSA) is 46.3 Å². The van der Waals surface area contributed by atoms with Gasteiger partial charge in [0.05, 0.1) is 6.26 Å². The van der Waals surface area contributed by atoms with E-state index in [-0.39, 0.29) is 5.91 Å². The van der Waals surface area contributed by atoms with Crippen LogP contribution in [0.3, 0.4) is 0 Å². The maximum atomic E-state index is 12.6. The summed E-state index contributed by atoms with van der Waals surface area (Å²) in [5.41, 5.74) is 0.579. The van der Waals surface area contributed by atoms with Crippen molar-refractivity contribution in [3.05, 3.63) is 29.0 Å². The Kier molecular flexibility index (Phi) is 3.61. The number of amides is 1. The summed E-state index contributed by atoms with van der Waals surface area (Å²) in [5, 5.41) is 0.779. The van der Waals surface area contributed by atoms with Crippen molar-refractivity contribution < 1.29 is 9.21 Å². The van der Waals surface area contributed by atoms with Gasteiger partial charge in [0.15, 0.2) is 10.8 Å². The van der Waals surface area contributed by atoms with E-state index >= 15 is 0 Å². The number of aromatic nitrogens is 1. The van der Waals surface area contributed by atoms with Gasteiger partial charge >= 0.3 is 0 Å². The van der Waals surface area contributed by atoms with E-state index in [4.69, 9.17) is 4.42 Å². The summed E-state index contributed by atoms with van der Waals surface area (Å²) in [6, 6.07) is 3.70. The van der Waals surface area contributed by atoms with Crippen LogP contribution < -0.4 is 0 Å². The lowest BCUT2D eigenvalue weighted by molar-refractivity contribution is 0.0677. The van der Waals surface area contributed by atoms with Gasteiger partial charge in [-0.2, -0.15) is 0 Å². The first-order valence-electron chi connectivity index (χ1n) is 6.95. The molecule has 1 aliphatic heterocycles. The van der Waals surface area contributed by atoms with Gasteiger partial charge in [-0.15, -0.1) is 11.3 Å². The van der Waals surface area contributed by atoms with E-state index in [1.165, 1.54) is 17.8 Å². The maximum absolute atomic E-state index is 12.6. The van der Waals surface area contributed by atoms with Crippen LogP contribution in [0.1, 0.15) is 35.1 Å². The molecular formula is C15H18N2O2S. The number of hydrogen-bond donors (Lipinski definition) is 0. The van der Waals surface area contributed by atoms with Gasteiger partial charge in [0.2, 0.25) is 0 Å². The largest absolute Gasteiger partial charge is 0.462 e. The molecule has 0 bridgehead atoms. The molecule has 1 amide bonds. The molecule has 0 saturated carbocycles. The van der Waals surface area contributed by atoms with Gasteiger partial charge < -0.3 is 9.32 Å². The highest BCUT2D eigenvalue weighted by Crippen LogP contribution is 2.29. The molecule has 3 rings (SSSR count). The van der Waals surface area contributed by atoms with E-state index in [1.807, 2.05) is 24.0 Å². The number of hydrogen-bond acceptors (Lipinski definition) is 4. The zero-order chi connectivity index (χ0) is 14.1. The number of carbonyl (C=O) groups is 1. The fourth-order valence-corrected chi connectivity index (χ4v) is 3.50. The summed E-state index contributed by atoms with van der Waals surface area (Å²) in [7, 11) is 0. The highest BCUT2D eigenvalue weighted by Gasteiger charge is 2.26. The normalized spacial score (nSPS) is 19.3. The van der Waals surface area contributed by atoms with Gasteiger partial charge in [0.1, 0.15) is 5.69 Å². The number of thiazole rings is 1. The third kappa shape index (κ3) is 2.50. The molecule has 0 aromatic carbocycles. The Bertz CT molecular complexity index is 603.